The summed E-state index contributed by atoms with van der Waals surface area (Å²) < 4.78 is 13.1. The van der Waals surface area contributed by atoms with Crippen molar-refractivity contribution in [1.29, 1.82) is 0 Å². The van der Waals surface area contributed by atoms with Crippen LogP contribution in [-0.4, -0.2) is 60.1 Å². The van der Waals surface area contributed by atoms with Gasteiger partial charge in [0, 0.05) is 33.0 Å². The van der Waals surface area contributed by atoms with Crippen LogP contribution in [0.2, 0.25) is 0 Å². The number of aliphatic imine (C=N–C) groups is 1. The molecule has 2 aromatic heterocycles. The van der Waals surface area contributed by atoms with E-state index in [2.05, 4.69) is 25.8 Å². The fraction of sp³-hybridized carbons (Fsp3) is 0.588. The molecule has 3 heterocycles. The first kappa shape index (κ1) is 20.8. The molecular formula is C17H27IN6O2. The summed E-state index contributed by atoms with van der Waals surface area (Å²) in [4.78, 5) is 4.22. The Bertz CT molecular complexity index is 687. The molecular weight excluding hydrogens is 447 g/mol. The minimum absolute atomic E-state index is 0. The molecule has 0 amide bonds. The number of pyridine rings is 1. The average Bonchev–Trinajstić information content (AvgIpc) is 3.30. The molecule has 1 aliphatic rings. The third-order valence-corrected chi connectivity index (χ3v) is 4.11. The second-order valence-corrected chi connectivity index (χ2v) is 5.96. The van der Waals surface area contributed by atoms with Crippen molar-refractivity contribution in [3.05, 3.63) is 30.2 Å². The highest BCUT2D eigenvalue weighted by Crippen LogP contribution is 2.11. The van der Waals surface area contributed by atoms with Crippen LogP contribution in [0.15, 0.2) is 29.4 Å². The Morgan fingerprint density at radius 1 is 1.38 bits per heavy atom. The van der Waals surface area contributed by atoms with Gasteiger partial charge in [-0.1, -0.05) is 6.07 Å². The molecule has 144 valence electrons. The van der Waals surface area contributed by atoms with Gasteiger partial charge in [0.15, 0.2) is 17.4 Å². The molecule has 0 radical (unpaired) electrons. The maximum Gasteiger partial charge on any atom is 0.191 e. The van der Waals surface area contributed by atoms with E-state index in [4.69, 9.17) is 9.47 Å². The molecule has 0 bridgehead atoms. The first-order valence-electron chi connectivity index (χ1n) is 8.79. The van der Waals surface area contributed by atoms with Gasteiger partial charge in [-0.25, -0.2) is 0 Å². The van der Waals surface area contributed by atoms with Gasteiger partial charge in [0.05, 0.1) is 19.3 Å². The van der Waals surface area contributed by atoms with E-state index in [0.29, 0.717) is 19.3 Å². The molecule has 2 aromatic rings. The van der Waals surface area contributed by atoms with Crippen LogP contribution < -0.4 is 10.6 Å². The average molecular weight is 474 g/mol. The smallest absolute Gasteiger partial charge is 0.191 e. The van der Waals surface area contributed by atoms with Crippen LogP contribution in [-0.2, 0) is 16.0 Å². The van der Waals surface area contributed by atoms with Crippen molar-refractivity contribution >= 4 is 35.6 Å². The summed E-state index contributed by atoms with van der Waals surface area (Å²) in [5.74, 6) is 1.59. The van der Waals surface area contributed by atoms with Crippen LogP contribution in [0.5, 0.6) is 0 Å². The molecule has 8 nitrogen and oxygen atoms in total. The lowest BCUT2D eigenvalue weighted by Gasteiger charge is -2.12. The van der Waals surface area contributed by atoms with Crippen molar-refractivity contribution in [2.24, 2.45) is 4.99 Å². The largest absolute Gasteiger partial charge is 0.379 e. The van der Waals surface area contributed by atoms with Crippen LogP contribution in [0.4, 0.5) is 0 Å². The van der Waals surface area contributed by atoms with Gasteiger partial charge in [-0.15, -0.1) is 34.2 Å². The van der Waals surface area contributed by atoms with E-state index in [1.165, 1.54) is 0 Å². The number of nitrogens with one attached hydrogen (secondary N) is 2. The van der Waals surface area contributed by atoms with E-state index in [-0.39, 0.29) is 24.0 Å². The van der Waals surface area contributed by atoms with E-state index < -0.39 is 0 Å². The number of fused-ring (bicyclic) bond motifs is 1. The third kappa shape index (κ3) is 6.06. The molecule has 1 aliphatic heterocycles. The third-order valence-electron chi connectivity index (χ3n) is 4.11. The number of hydrogen-bond donors (Lipinski definition) is 2. The quantitative estimate of drug-likeness (QED) is 0.262. The number of ether oxygens (including phenoxy) is 2. The molecule has 3 rings (SSSR count). The summed E-state index contributed by atoms with van der Waals surface area (Å²) in [6, 6.07) is 5.84. The topological polar surface area (TPSA) is 85.1 Å². The van der Waals surface area contributed by atoms with Crippen molar-refractivity contribution in [3.8, 4) is 0 Å². The van der Waals surface area contributed by atoms with Crippen LogP contribution in [0.1, 0.15) is 25.1 Å². The van der Waals surface area contributed by atoms with Crippen molar-refractivity contribution < 1.29 is 9.47 Å². The van der Waals surface area contributed by atoms with Crippen molar-refractivity contribution in [2.75, 3.05) is 33.4 Å². The molecule has 26 heavy (non-hydrogen) atoms. The molecule has 0 aliphatic carbocycles. The Morgan fingerprint density at radius 3 is 3.12 bits per heavy atom. The normalized spacial score (nSPS) is 17.3. The molecule has 1 fully saturated rings. The SMILES string of the molecule is CN=C(NCCCOCC1CCCO1)NCc1nnc2ccccn12.I. The zero-order valence-electron chi connectivity index (χ0n) is 15.1. The molecule has 0 saturated carbocycles. The van der Waals surface area contributed by atoms with Crippen LogP contribution in [0.25, 0.3) is 5.65 Å². The van der Waals surface area contributed by atoms with Crippen molar-refractivity contribution in [2.45, 2.75) is 31.9 Å². The Balaban J connectivity index is 0.00000243. The number of hydrogen-bond acceptors (Lipinski definition) is 5. The fourth-order valence-electron chi connectivity index (χ4n) is 2.77. The van der Waals surface area contributed by atoms with E-state index in [9.17, 15) is 0 Å². The van der Waals surface area contributed by atoms with Gasteiger partial charge >= 0.3 is 0 Å². The number of nitrogens with zero attached hydrogens (tertiary/aromatic N) is 4. The Hall–Kier alpha value is -1.46. The first-order valence-corrected chi connectivity index (χ1v) is 8.79. The predicted octanol–water partition coefficient (Wildman–Crippen LogP) is 1.60. The van der Waals surface area contributed by atoms with Crippen LogP contribution in [0.3, 0.4) is 0 Å². The molecule has 1 saturated heterocycles. The van der Waals surface area contributed by atoms with Crippen LogP contribution >= 0.6 is 24.0 Å². The zero-order chi connectivity index (χ0) is 17.3. The Morgan fingerprint density at radius 2 is 2.31 bits per heavy atom. The Kier molecular flexibility index (Phi) is 9.06. The summed E-state index contributed by atoms with van der Waals surface area (Å²) >= 11 is 0. The van der Waals surface area contributed by atoms with E-state index in [1.807, 2.05) is 28.8 Å². The minimum atomic E-state index is 0. The summed E-state index contributed by atoms with van der Waals surface area (Å²) in [5, 5.41) is 14.9. The summed E-state index contributed by atoms with van der Waals surface area (Å²) in [6.45, 7) is 3.65. The molecule has 1 unspecified atom stereocenters. The Labute approximate surface area is 170 Å². The maximum absolute atomic E-state index is 5.65. The predicted molar refractivity (Wildman–Crippen MR) is 111 cm³/mol. The van der Waals surface area contributed by atoms with E-state index in [1.54, 1.807) is 7.05 Å². The van der Waals surface area contributed by atoms with Crippen molar-refractivity contribution in [1.82, 2.24) is 25.2 Å². The molecule has 2 N–H and O–H groups in total. The molecule has 9 heteroatoms. The van der Waals surface area contributed by atoms with Gasteiger partial charge < -0.3 is 20.1 Å². The monoisotopic (exact) mass is 474 g/mol. The second-order valence-electron chi connectivity index (χ2n) is 5.96. The summed E-state index contributed by atoms with van der Waals surface area (Å²) in [7, 11) is 1.76. The molecule has 0 aromatic carbocycles. The number of aromatic nitrogens is 3. The lowest BCUT2D eigenvalue weighted by molar-refractivity contribution is 0.0168. The maximum atomic E-state index is 5.65. The standard InChI is InChI=1S/C17H26N6O2.HI/c1-18-17(19-8-5-10-24-13-14-6-4-11-25-14)20-12-16-22-21-15-7-2-3-9-23(15)16;/h2-3,7,9,14H,4-6,8,10-13H2,1H3,(H2,18,19,20);1H. The highest BCUT2D eigenvalue weighted by molar-refractivity contribution is 14.0. The first-order chi connectivity index (χ1) is 12.4. The molecule has 0 spiro atoms. The number of guanidine groups is 1. The lowest BCUT2D eigenvalue weighted by Crippen LogP contribution is -2.38. The second kappa shape index (κ2) is 11.3. The zero-order valence-corrected chi connectivity index (χ0v) is 17.4. The van der Waals surface area contributed by atoms with Crippen LogP contribution in [0, 0.1) is 0 Å². The van der Waals surface area contributed by atoms with Gasteiger partial charge in [0.25, 0.3) is 0 Å². The van der Waals surface area contributed by atoms with Crippen molar-refractivity contribution in [3.63, 3.8) is 0 Å². The highest BCUT2D eigenvalue weighted by atomic mass is 127. The number of rotatable bonds is 8. The molecule has 1 atom stereocenters. The van der Waals surface area contributed by atoms with E-state index >= 15 is 0 Å². The number of halogens is 1. The minimum Gasteiger partial charge on any atom is -0.379 e. The van der Waals surface area contributed by atoms with Gasteiger partial charge in [-0.05, 0) is 31.4 Å². The fourth-order valence-corrected chi connectivity index (χ4v) is 2.77. The van der Waals surface area contributed by atoms with Gasteiger partial charge in [-0.3, -0.25) is 9.39 Å². The van der Waals surface area contributed by atoms with Gasteiger partial charge in [0.1, 0.15) is 0 Å². The van der Waals surface area contributed by atoms with E-state index in [0.717, 1.165) is 56.5 Å². The summed E-state index contributed by atoms with van der Waals surface area (Å²) in [5.41, 5.74) is 0.839. The van der Waals surface area contributed by atoms with Gasteiger partial charge in [0.2, 0.25) is 0 Å². The van der Waals surface area contributed by atoms with Gasteiger partial charge in [-0.2, -0.15) is 0 Å². The highest BCUT2D eigenvalue weighted by Gasteiger charge is 2.14. The summed E-state index contributed by atoms with van der Waals surface area (Å²) in [6.07, 6.45) is 5.43. The lowest BCUT2D eigenvalue weighted by atomic mass is 10.2.